The molecule has 0 amide bonds. The monoisotopic (exact) mass is 225 g/mol. The molecule has 0 bridgehead atoms. The minimum absolute atomic E-state index is 0.237. The molecule has 8 heteroatoms. The Balaban J connectivity index is 2.67. The van der Waals surface area contributed by atoms with E-state index in [0.29, 0.717) is 13.0 Å². The number of aromatic nitrogens is 2. The molecular formula is C7H10F3N3O2. The molecule has 1 atom stereocenters. The van der Waals surface area contributed by atoms with E-state index < -0.39 is 18.0 Å². The molecule has 2 N–H and O–H groups in total. The highest BCUT2D eigenvalue weighted by atomic mass is 19.4. The van der Waals surface area contributed by atoms with Gasteiger partial charge >= 0.3 is 6.18 Å². The lowest BCUT2D eigenvalue weighted by molar-refractivity contribution is -0.146. The van der Waals surface area contributed by atoms with Crippen molar-refractivity contribution in [3.8, 4) is 0 Å². The van der Waals surface area contributed by atoms with Crippen LogP contribution in [0.5, 0.6) is 0 Å². The van der Waals surface area contributed by atoms with E-state index in [1.807, 2.05) is 0 Å². The molecule has 1 rings (SSSR count). The van der Waals surface area contributed by atoms with E-state index >= 15 is 0 Å². The lowest BCUT2D eigenvalue weighted by Gasteiger charge is -2.04. The van der Waals surface area contributed by atoms with E-state index in [0.717, 1.165) is 0 Å². The van der Waals surface area contributed by atoms with Crippen LogP contribution in [0.2, 0.25) is 0 Å². The van der Waals surface area contributed by atoms with Crippen LogP contribution < -0.4 is 5.73 Å². The van der Waals surface area contributed by atoms with Gasteiger partial charge < -0.3 is 15.0 Å². The first-order chi connectivity index (χ1) is 6.95. The Hall–Kier alpha value is -1.15. The highest BCUT2D eigenvalue weighted by molar-refractivity contribution is 4.94. The third-order valence-corrected chi connectivity index (χ3v) is 1.65. The highest BCUT2D eigenvalue weighted by Crippen LogP contribution is 2.27. The van der Waals surface area contributed by atoms with Crippen LogP contribution in [0.4, 0.5) is 13.2 Å². The Bertz CT molecular complexity index is 313. The smallest absolute Gasteiger partial charge is 0.385 e. The van der Waals surface area contributed by atoms with Gasteiger partial charge in [0.1, 0.15) is 0 Å². The SMILES string of the molecule is COCCC(N)c1nc(C(F)(F)F)no1. The van der Waals surface area contributed by atoms with Crippen molar-refractivity contribution in [3.05, 3.63) is 11.7 Å². The standard InChI is InChI=1S/C7H10F3N3O2/c1-14-3-2-4(11)5-12-6(13-15-5)7(8,9)10/h4H,2-3,11H2,1H3. The number of methoxy groups -OCH3 is 1. The van der Waals surface area contributed by atoms with E-state index in [-0.39, 0.29) is 5.89 Å². The van der Waals surface area contributed by atoms with E-state index in [9.17, 15) is 13.2 Å². The Morgan fingerprint density at radius 3 is 2.67 bits per heavy atom. The molecule has 0 spiro atoms. The van der Waals surface area contributed by atoms with Crippen molar-refractivity contribution in [1.29, 1.82) is 0 Å². The van der Waals surface area contributed by atoms with Gasteiger partial charge in [0.15, 0.2) is 0 Å². The summed E-state index contributed by atoms with van der Waals surface area (Å²) in [5.41, 5.74) is 5.49. The molecule has 1 unspecified atom stereocenters. The number of hydrogen-bond acceptors (Lipinski definition) is 5. The first kappa shape index (κ1) is 11.9. The van der Waals surface area contributed by atoms with Gasteiger partial charge in [-0.3, -0.25) is 0 Å². The number of alkyl halides is 3. The van der Waals surface area contributed by atoms with E-state index in [4.69, 9.17) is 10.5 Å². The number of nitrogens with two attached hydrogens (primary N) is 1. The minimum Gasteiger partial charge on any atom is -0.385 e. The highest BCUT2D eigenvalue weighted by Gasteiger charge is 2.37. The quantitative estimate of drug-likeness (QED) is 0.831. The number of rotatable bonds is 4. The summed E-state index contributed by atoms with van der Waals surface area (Å²) in [7, 11) is 1.46. The van der Waals surface area contributed by atoms with Crippen LogP contribution in [0.3, 0.4) is 0 Å². The van der Waals surface area contributed by atoms with Crippen molar-refractivity contribution in [1.82, 2.24) is 10.1 Å². The minimum atomic E-state index is -4.61. The van der Waals surface area contributed by atoms with Crippen molar-refractivity contribution in [2.24, 2.45) is 5.73 Å². The Morgan fingerprint density at radius 1 is 1.53 bits per heavy atom. The number of halogens is 3. The summed E-state index contributed by atoms with van der Waals surface area (Å²) in [6.07, 6.45) is -4.29. The molecule has 0 aromatic carbocycles. The zero-order valence-electron chi connectivity index (χ0n) is 7.91. The van der Waals surface area contributed by atoms with Crippen LogP contribution in [-0.4, -0.2) is 23.9 Å². The Labute approximate surface area is 83.4 Å². The van der Waals surface area contributed by atoms with Gasteiger partial charge in [-0.2, -0.15) is 18.2 Å². The first-order valence-electron chi connectivity index (χ1n) is 4.10. The molecule has 0 fully saturated rings. The van der Waals surface area contributed by atoms with Gasteiger partial charge in [0.25, 0.3) is 5.82 Å². The number of nitrogens with zero attached hydrogens (tertiary/aromatic N) is 2. The molecule has 0 saturated heterocycles. The molecule has 1 aromatic heterocycles. The number of hydrogen-bond donors (Lipinski definition) is 1. The Kier molecular flexibility index (Phi) is 3.64. The largest absolute Gasteiger partial charge is 0.455 e. The summed E-state index contributed by atoms with van der Waals surface area (Å²) in [6, 6.07) is -0.742. The second-order valence-corrected chi connectivity index (χ2v) is 2.84. The van der Waals surface area contributed by atoms with Gasteiger partial charge in [-0.1, -0.05) is 5.16 Å². The molecule has 0 aliphatic heterocycles. The molecule has 86 valence electrons. The molecular weight excluding hydrogens is 215 g/mol. The average molecular weight is 225 g/mol. The van der Waals surface area contributed by atoms with Gasteiger partial charge in [-0.25, -0.2) is 0 Å². The third kappa shape index (κ3) is 3.17. The summed E-state index contributed by atoms with van der Waals surface area (Å²) in [5.74, 6) is -1.55. The van der Waals surface area contributed by atoms with E-state index in [1.165, 1.54) is 7.11 Å². The van der Waals surface area contributed by atoms with Crippen LogP contribution >= 0.6 is 0 Å². The van der Waals surface area contributed by atoms with Crippen LogP contribution in [0.1, 0.15) is 24.2 Å². The predicted octanol–water partition coefficient (Wildman–Crippen LogP) is 1.12. The molecule has 0 radical (unpaired) electrons. The van der Waals surface area contributed by atoms with Crippen molar-refractivity contribution in [2.75, 3.05) is 13.7 Å². The molecule has 0 saturated carbocycles. The number of ether oxygens (including phenoxy) is 1. The van der Waals surface area contributed by atoms with Crippen molar-refractivity contribution in [2.45, 2.75) is 18.6 Å². The maximum Gasteiger partial charge on any atom is 0.455 e. The fraction of sp³-hybridized carbons (Fsp3) is 0.714. The second kappa shape index (κ2) is 4.58. The Morgan fingerprint density at radius 2 is 2.20 bits per heavy atom. The van der Waals surface area contributed by atoms with Crippen LogP contribution in [-0.2, 0) is 10.9 Å². The van der Waals surface area contributed by atoms with Gasteiger partial charge in [0.2, 0.25) is 5.89 Å². The molecule has 15 heavy (non-hydrogen) atoms. The van der Waals surface area contributed by atoms with Gasteiger partial charge in [0.05, 0.1) is 6.04 Å². The average Bonchev–Trinajstić information content (AvgIpc) is 2.62. The van der Waals surface area contributed by atoms with Gasteiger partial charge in [-0.05, 0) is 6.42 Å². The summed E-state index contributed by atoms with van der Waals surface area (Å²) in [6.45, 7) is 0.310. The molecule has 0 aliphatic rings. The van der Waals surface area contributed by atoms with Crippen LogP contribution in [0, 0.1) is 0 Å². The van der Waals surface area contributed by atoms with Gasteiger partial charge in [0, 0.05) is 13.7 Å². The van der Waals surface area contributed by atoms with Crippen LogP contribution in [0.25, 0.3) is 0 Å². The third-order valence-electron chi connectivity index (χ3n) is 1.65. The van der Waals surface area contributed by atoms with Crippen molar-refractivity contribution in [3.63, 3.8) is 0 Å². The maximum atomic E-state index is 12.1. The maximum absolute atomic E-state index is 12.1. The molecule has 1 aromatic rings. The molecule has 0 aliphatic carbocycles. The normalized spacial score (nSPS) is 14.2. The second-order valence-electron chi connectivity index (χ2n) is 2.84. The summed E-state index contributed by atoms with van der Waals surface area (Å²) < 4.78 is 45.3. The zero-order valence-corrected chi connectivity index (χ0v) is 7.91. The van der Waals surface area contributed by atoms with Crippen molar-refractivity contribution >= 4 is 0 Å². The molecule has 1 heterocycles. The first-order valence-corrected chi connectivity index (χ1v) is 4.10. The summed E-state index contributed by atoms with van der Waals surface area (Å²) >= 11 is 0. The lowest BCUT2D eigenvalue weighted by Crippen LogP contribution is -2.14. The predicted molar refractivity (Wildman–Crippen MR) is 42.7 cm³/mol. The van der Waals surface area contributed by atoms with Crippen LogP contribution in [0.15, 0.2) is 4.52 Å². The fourth-order valence-corrected chi connectivity index (χ4v) is 0.869. The summed E-state index contributed by atoms with van der Waals surface area (Å²) in [5, 5.41) is 2.78. The molecule has 5 nitrogen and oxygen atoms in total. The summed E-state index contributed by atoms with van der Waals surface area (Å²) in [4.78, 5) is 3.15. The van der Waals surface area contributed by atoms with E-state index in [2.05, 4.69) is 14.7 Å². The fourth-order valence-electron chi connectivity index (χ4n) is 0.869. The topological polar surface area (TPSA) is 74.2 Å². The van der Waals surface area contributed by atoms with Crippen molar-refractivity contribution < 1.29 is 22.4 Å². The van der Waals surface area contributed by atoms with E-state index in [1.54, 1.807) is 0 Å². The van der Waals surface area contributed by atoms with Gasteiger partial charge in [-0.15, -0.1) is 0 Å². The lowest BCUT2D eigenvalue weighted by atomic mass is 10.2. The zero-order chi connectivity index (χ0) is 11.5.